The molecule has 1 aliphatic rings. The van der Waals surface area contributed by atoms with Crippen LogP contribution < -0.4 is 5.32 Å². The zero-order valence-corrected chi connectivity index (χ0v) is 7.26. The molecule has 1 heterocycles. The topological polar surface area (TPSA) is 58.6 Å². The molecule has 0 bridgehead atoms. The van der Waals surface area contributed by atoms with Crippen molar-refractivity contribution in [2.24, 2.45) is 0 Å². The SMILES string of the molecule is O=C1Nc2c(Cl)cc(O)cc2CO1. The fourth-order valence-electron chi connectivity index (χ4n) is 1.18. The van der Waals surface area contributed by atoms with E-state index in [1.54, 1.807) is 0 Å². The summed E-state index contributed by atoms with van der Waals surface area (Å²) in [5.41, 5.74) is 1.18. The molecule has 0 saturated heterocycles. The Bertz CT molecular complexity index is 378. The molecule has 4 nitrogen and oxygen atoms in total. The van der Waals surface area contributed by atoms with Gasteiger partial charge in [-0.1, -0.05) is 11.6 Å². The predicted octanol–water partition coefficient (Wildman–Crippen LogP) is 2.11. The summed E-state index contributed by atoms with van der Waals surface area (Å²) < 4.78 is 4.69. The van der Waals surface area contributed by atoms with Gasteiger partial charge in [-0.2, -0.15) is 0 Å². The molecule has 0 aliphatic carbocycles. The van der Waals surface area contributed by atoms with Crippen LogP contribution in [0.5, 0.6) is 5.75 Å². The minimum atomic E-state index is -0.528. The Labute approximate surface area is 79.1 Å². The van der Waals surface area contributed by atoms with Gasteiger partial charge in [-0.25, -0.2) is 4.79 Å². The number of benzene rings is 1. The van der Waals surface area contributed by atoms with Crippen LogP contribution in [0.3, 0.4) is 0 Å². The molecule has 0 atom stereocenters. The molecule has 0 saturated carbocycles. The van der Waals surface area contributed by atoms with Gasteiger partial charge in [-0.3, -0.25) is 5.32 Å². The first-order valence-corrected chi connectivity index (χ1v) is 4.00. The number of carbonyl (C=O) groups is 1. The third-order valence-corrected chi connectivity index (χ3v) is 2.04. The highest BCUT2D eigenvalue weighted by molar-refractivity contribution is 6.34. The Balaban J connectivity index is 2.53. The molecule has 0 spiro atoms. The maximum Gasteiger partial charge on any atom is 0.412 e. The lowest BCUT2D eigenvalue weighted by Gasteiger charge is -2.18. The maximum absolute atomic E-state index is 10.8. The molecular formula is C8H6ClNO3. The molecule has 13 heavy (non-hydrogen) atoms. The van der Waals surface area contributed by atoms with E-state index >= 15 is 0 Å². The van der Waals surface area contributed by atoms with E-state index in [1.807, 2.05) is 0 Å². The summed E-state index contributed by atoms with van der Waals surface area (Å²) in [5, 5.41) is 11.9. The van der Waals surface area contributed by atoms with Crippen molar-refractivity contribution in [2.45, 2.75) is 6.61 Å². The van der Waals surface area contributed by atoms with Gasteiger partial charge in [0.1, 0.15) is 12.4 Å². The molecule has 0 unspecified atom stereocenters. The Hall–Kier alpha value is -1.42. The average Bonchev–Trinajstić information content (AvgIpc) is 2.06. The monoisotopic (exact) mass is 199 g/mol. The number of phenols is 1. The number of hydrogen-bond acceptors (Lipinski definition) is 3. The summed E-state index contributed by atoms with van der Waals surface area (Å²) in [7, 11) is 0. The van der Waals surface area contributed by atoms with Gasteiger partial charge in [0, 0.05) is 11.6 Å². The average molecular weight is 200 g/mol. The molecule has 0 radical (unpaired) electrons. The number of rotatable bonds is 0. The lowest BCUT2D eigenvalue weighted by molar-refractivity contribution is 0.151. The molecule has 2 rings (SSSR count). The fraction of sp³-hybridized carbons (Fsp3) is 0.125. The first-order valence-electron chi connectivity index (χ1n) is 3.62. The van der Waals surface area contributed by atoms with Crippen LogP contribution in [0.15, 0.2) is 12.1 Å². The second kappa shape index (κ2) is 2.81. The highest BCUT2D eigenvalue weighted by Gasteiger charge is 2.18. The van der Waals surface area contributed by atoms with Crippen LogP contribution in [0.4, 0.5) is 10.5 Å². The normalized spacial score (nSPS) is 14.4. The Morgan fingerprint density at radius 3 is 3.08 bits per heavy atom. The minimum absolute atomic E-state index is 0.0588. The molecule has 68 valence electrons. The van der Waals surface area contributed by atoms with Crippen molar-refractivity contribution in [3.05, 3.63) is 22.7 Å². The quantitative estimate of drug-likeness (QED) is 0.629. The van der Waals surface area contributed by atoms with E-state index in [9.17, 15) is 9.90 Å². The van der Waals surface area contributed by atoms with Crippen molar-refractivity contribution >= 4 is 23.4 Å². The molecule has 1 aromatic carbocycles. The van der Waals surface area contributed by atoms with E-state index in [-0.39, 0.29) is 12.4 Å². The molecule has 0 aromatic heterocycles. The van der Waals surface area contributed by atoms with Gasteiger partial charge in [-0.15, -0.1) is 0 Å². The number of nitrogens with one attached hydrogen (secondary N) is 1. The summed E-state index contributed by atoms with van der Waals surface area (Å²) in [6.45, 7) is 0.134. The lowest BCUT2D eigenvalue weighted by atomic mass is 10.1. The Kier molecular flexibility index (Phi) is 1.77. The van der Waals surface area contributed by atoms with E-state index in [4.69, 9.17) is 16.3 Å². The van der Waals surface area contributed by atoms with Gasteiger partial charge < -0.3 is 9.84 Å². The van der Waals surface area contributed by atoms with Crippen molar-refractivity contribution in [2.75, 3.05) is 5.32 Å². The van der Waals surface area contributed by atoms with E-state index in [0.717, 1.165) is 0 Å². The van der Waals surface area contributed by atoms with Crippen molar-refractivity contribution < 1.29 is 14.6 Å². The van der Waals surface area contributed by atoms with Crippen LogP contribution in [0.1, 0.15) is 5.56 Å². The number of fused-ring (bicyclic) bond motifs is 1. The Morgan fingerprint density at radius 2 is 2.31 bits per heavy atom. The van der Waals surface area contributed by atoms with Gasteiger partial charge in [0.25, 0.3) is 0 Å². The van der Waals surface area contributed by atoms with Gasteiger partial charge in [0.15, 0.2) is 0 Å². The van der Waals surface area contributed by atoms with Crippen molar-refractivity contribution in [3.63, 3.8) is 0 Å². The largest absolute Gasteiger partial charge is 0.508 e. The van der Waals surface area contributed by atoms with Crippen LogP contribution >= 0.6 is 11.6 Å². The summed E-state index contributed by atoms with van der Waals surface area (Å²) in [4.78, 5) is 10.8. The second-order valence-electron chi connectivity index (χ2n) is 2.66. The summed E-state index contributed by atoms with van der Waals surface area (Å²) in [6, 6.07) is 2.87. The number of carbonyl (C=O) groups excluding carboxylic acids is 1. The van der Waals surface area contributed by atoms with Gasteiger partial charge in [0.05, 0.1) is 10.7 Å². The van der Waals surface area contributed by atoms with Crippen LogP contribution in [0, 0.1) is 0 Å². The predicted molar refractivity (Wildman–Crippen MR) is 46.9 cm³/mol. The second-order valence-corrected chi connectivity index (χ2v) is 3.07. The maximum atomic E-state index is 10.8. The summed E-state index contributed by atoms with van der Waals surface area (Å²) in [5.74, 6) is 0.0588. The zero-order chi connectivity index (χ0) is 9.42. The van der Waals surface area contributed by atoms with Gasteiger partial charge in [0.2, 0.25) is 0 Å². The zero-order valence-electron chi connectivity index (χ0n) is 6.50. The van der Waals surface area contributed by atoms with Gasteiger partial charge in [-0.05, 0) is 6.07 Å². The lowest BCUT2D eigenvalue weighted by Crippen LogP contribution is -2.20. The number of amides is 1. The highest BCUT2D eigenvalue weighted by atomic mass is 35.5. The highest BCUT2D eigenvalue weighted by Crippen LogP contribution is 2.33. The van der Waals surface area contributed by atoms with Crippen molar-refractivity contribution in [3.8, 4) is 5.75 Å². The third-order valence-electron chi connectivity index (χ3n) is 1.74. The summed E-state index contributed by atoms with van der Waals surface area (Å²) >= 11 is 5.78. The van der Waals surface area contributed by atoms with E-state index in [1.165, 1.54) is 12.1 Å². The smallest absolute Gasteiger partial charge is 0.412 e. The van der Waals surface area contributed by atoms with Crippen LogP contribution in [0.2, 0.25) is 5.02 Å². The number of ether oxygens (including phenoxy) is 1. The van der Waals surface area contributed by atoms with Crippen LogP contribution in [-0.2, 0) is 11.3 Å². The fourth-order valence-corrected chi connectivity index (χ4v) is 1.46. The molecule has 1 amide bonds. The first-order chi connectivity index (χ1) is 6.16. The number of aromatic hydroxyl groups is 1. The molecular weight excluding hydrogens is 194 g/mol. The number of anilines is 1. The molecule has 0 fully saturated rings. The molecule has 2 N–H and O–H groups in total. The number of cyclic esters (lactones) is 1. The third kappa shape index (κ3) is 1.40. The minimum Gasteiger partial charge on any atom is -0.508 e. The van der Waals surface area contributed by atoms with E-state index < -0.39 is 6.09 Å². The molecule has 1 aromatic rings. The first kappa shape index (κ1) is 8.19. The summed E-state index contributed by atoms with van der Waals surface area (Å²) in [6.07, 6.45) is -0.528. The van der Waals surface area contributed by atoms with E-state index in [0.29, 0.717) is 16.3 Å². The van der Waals surface area contributed by atoms with Crippen LogP contribution in [-0.4, -0.2) is 11.2 Å². The van der Waals surface area contributed by atoms with Crippen molar-refractivity contribution in [1.82, 2.24) is 0 Å². The standard InChI is InChI=1S/C8H6ClNO3/c9-6-2-5(11)1-4-3-13-8(12)10-7(4)6/h1-2,11H,3H2,(H,10,12). The number of phenolic OH excluding ortho intramolecular Hbond substituents is 1. The number of halogens is 1. The molecule has 5 heteroatoms. The number of hydrogen-bond donors (Lipinski definition) is 2. The van der Waals surface area contributed by atoms with E-state index in [2.05, 4.69) is 5.32 Å². The van der Waals surface area contributed by atoms with Crippen LogP contribution in [0.25, 0.3) is 0 Å². The molecule has 1 aliphatic heterocycles. The Morgan fingerprint density at radius 1 is 1.54 bits per heavy atom. The van der Waals surface area contributed by atoms with Crippen molar-refractivity contribution in [1.29, 1.82) is 0 Å². The van der Waals surface area contributed by atoms with Gasteiger partial charge >= 0.3 is 6.09 Å².